The van der Waals surface area contributed by atoms with Gasteiger partial charge in [0.2, 0.25) is 0 Å². The minimum Gasteiger partial charge on any atom is -0.328 e. The van der Waals surface area contributed by atoms with Gasteiger partial charge in [0, 0.05) is 13.1 Å². The van der Waals surface area contributed by atoms with Gasteiger partial charge in [0.25, 0.3) is 0 Å². The van der Waals surface area contributed by atoms with E-state index in [2.05, 4.69) is 4.18 Å². The summed E-state index contributed by atoms with van der Waals surface area (Å²) in [7, 11) is -3.67. The van der Waals surface area contributed by atoms with E-state index >= 15 is 0 Å². The predicted molar refractivity (Wildman–Crippen MR) is 56.0 cm³/mol. The van der Waals surface area contributed by atoms with Crippen molar-refractivity contribution >= 4 is 16.2 Å². The predicted octanol–water partition coefficient (Wildman–Crippen LogP) is 1.35. The first-order valence-electron chi connectivity index (χ1n) is 5.26. The van der Waals surface area contributed by atoms with Crippen molar-refractivity contribution in [3.05, 3.63) is 0 Å². The number of hydrogen-bond acceptors (Lipinski definition) is 4. The molecule has 1 aliphatic rings. The van der Waals surface area contributed by atoms with E-state index in [0.717, 1.165) is 19.3 Å². The van der Waals surface area contributed by atoms with Gasteiger partial charge in [-0.25, -0.2) is 4.79 Å². The van der Waals surface area contributed by atoms with E-state index in [1.807, 2.05) is 0 Å². The number of piperidine rings is 1. The Kier molecular flexibility index (Phi) is 4.38. The monoisotopic (exact) mass is 235 g/mol. The van der Waals surface area contributed by atoms with Crippen molar-refractivity contribution in [1.82, 2.24) is 4.90 Å². The van der Waals surface area contributed by atoms with Gasteiger partial charge in [0.1, 0.15) is 0 Å². The Morgan fingerprint density at radius 2 is 1.87 bits per heavy atom. The number of hydrogen-bond donors (Lipinski definition) is 0. The molecule has 1 heterocycles. The van der Waals surface area contributed by atoms with Crippen molar-refractivity contribution in [2.45, 2.75) is 32.6 Å². The molecule has 0 radical (unpaired) electrons. The minimum absolute atomic E-state index is 0.105. The second-order valence-corrected chi connectivity index (χ2v) is 5.35. The van der Waals surface area contributed by atoms with E-state index in [0.29, 0.717) is 19.5 Å². The highest BCUT2D eigenvalue weighted by Crippen LogP contribution is 2.11. The molecule has 0 aromatic carbocycles. The Morgan fingerprint density at radius 1 is 1.27 bits per heavy atom. The third kappa shape index (κ3) is 4.07. The molecule has 1 amide bonds. The Hall–Kier alpha value is -0.780. The van der Waals surface area contributed by atoms with E-state index in [9.17, 15) is 13.2 Å². The van der Waals surface area contributed by atoms with Gasteiger partial charge in [-0.3, -0.25) is 0 Å². The first-order valence-corrected chi connectivity index (χ1v) is 6.84. The molecule has 1 fully saturated rings. The third-order valence-electron chi connectivity index (χ3n) is 2.27. The molecule has 0 aromatic rings. The molecule has 88 valence electrons. The molecule has 0 aliphatic carbocycles. The van der Waals surface area contributed by atoms with Gasteiger partial charge in [-0.05, 0) is 25.7 Å². The Morgan fingerprint density at radius 3 is 2.40 bits per heavy atom. The zero-order valence-corrected chi connectivity index (χ0v) is 9.75. The van der Waals surface area contributed by atoms with Crippen LogP contribution in [0.2, 0.25) is 0 Å². The second-order valence-electron chi connectivity index (χ2n) is 3.66. The summed E-state index contributed by atoms with van der Waals surface area (Å²) in [5.41, 5.74) is 0. The van der Waals surface area contributed by atoms with Crippen molar-refractivity contribution in [2.75, 3.05) is 18.8 Å². The summed E-state index contributed by atoms with van der Waals surface area (Å²) in [6, 6.07) is 0. The number of likely N-dealkylation sites (tertiary alicyclic amines) is 1. The lowest BCUT2D eigenvalue weighted by Crippen LogP contribution is -2.37. The molecule has 0 saturated carbocycles. The summed E-state index contributed by atoms with van der Waals surface area (Å²) in [5, 5.41) is 0. The lowest BCUT2D eigenvalue weighted by molar-refractivity contribution is 0.145. The average molecular weight is 235 g/mol. The van der Waals surface area contributed by atoms with Gasteiger partial charge in [-0.2, -0.15) is 8.42 Å². The maximum atomic E-state index is 11.4. The minimum atomic E-state index is -3.67. The summed E-state index contributed by atoms with van der Waals surface area (Å²) >= 11 is 0. The fourth-order valence-electron chi connectivity index (χ4n) is 1.53. The molecule has 0 bridgehead atoms. The van der Waals surface area contributed by atoms with Crippen LogP contribution < -0.4 is 0 Å². The van der Waals surface area contributed by atoms with Crippen LogP contribution in [0.5, 0.6) is 0 Å². The molecule has 0 N–H and O–H groups in total. The van der Waals surface area contributed by atoms with Crippen molar-refractivity contribution < 1.29 is 17.4 Å². The number of rotatable bonds is 3. The van der Waals surface area contributed by atoms with E-state index in [-0.39, 0.29) is 5.75 Å². The first-order chi connectivity index (χ1) is 7.05. The SMILES string of the molecule is CCCS(=O)(=O)OC(=O)N1CCCCC1. The summed E-state index contributed by atoms with van der Waals surface area (Å²) in [6.45, 7) is 2.92. The highest BCUT2D eigenvalue weighted by molar-refractivity contribution is 7.87. The van der Waals surface area contributed by atoms with E-state index in [1.165, 1.54) is 4.90 Å². The molecule has 0 unspecified atom stereocenters. The Balaban J connectivity index is 2.47. The van der Waals surface area contributed by atoms with Crippen LogP contribution in [0.15, 0.2) is 0 Å². The number of nitrogens with zero attached hydrogens (tertiary/aromatic N) is 1. The molecule has 1 aliphatic heterocycles. The molecule has 6 heteroatoms. The zero-order valence-electron chi connectivity index (χ0n) is 8.94. The van der Waals surface area contributed by atoms with Gasteiger partial charge in [0.05, 0.1) is 5.75 Å². The molecule has 0 aromatic heterocycles. The van der Waals surface area contributed by atoms with Crippen molar-refractivity contribution in [3.8, 4) is 0 Å². The lowest BCUT2D eigenvalue weighted by atomic mass is 10.1. The van der Waals surface area contributed by atoms with Gasteiger partial charge in [-0.1, -0.05) is 6.92 Å². The molecule has 0 atom stereocenters. The van der Waals surface area contributed by atoms with Crippen LogP contribution >= 0.6 is 0 Å². The first kappa shape index (κ1) is 12.3. The molecular weight excluding hydrogens is 218 g/mol. The zero-order chi connectivity index (χ0) is 11.3. The second kappa shape index (κ2) is 5.34. The fourth-order valence-corrected chi connectivity index (χ4v) is 2.44. The summed E-state index contributed by atoms with van der Waals surface area (Å²) in [6.07, 6.45) is 2.66. The standard InChI is InChI=1S/C9H17NO4S/c1-2-8-15(12,13)14-9(11)10-6-4-3-5-7-10/h2-8H2,1H3. The summed E-state index contributed by atoms with van der Waals surface area (Å²) in [5.74, 6) is -0.105. The highest BCUT2D eigenvalue weighted by atomic mass is 32.2. The number of carbonyl (C=O) groups excluding carboxylic acids is 1. The smallest absolute Gasteiger partial charge is 0.328 e. The molecule has 15 heavy (non-hydrogen) atoms. The van der Waals surface area contributed by atoms with Crippen molar-refractivity contribution in [1.29, 1.82) is 0 Å². The quantitative estimate of drug-likeness (QED) is 0.693. The largest absolute Gasteiger partial charge is 0.425 e. The lowest BCUT2D eigenvalue weighted by Gasteiger charge is -2.25. The normalized spacial score (nSPS) is 17.5. The Bertz CT molecular complexity index is 306. The maximum absolute atomic E-state index is 11.4. The van der Waals surface area contributed by atoms with Crippen LogP contribution in [-0.2, 0) is 14.3 Å². The van der Waals surface area contributed by atoms with Crippen molar-refractivity contribution in [3.63, 3.8) is 0 Å². The van der Waals surface area contributed by atoms with Gasteiger partial charge >= 0.3 is 16.2 Å². The van der Waals surface area contributed by atoms with E-state index in [4.69, 9.17) is 0 Å². The third-order valence-corrected chi connectivity index (χ3v) is 3.57. The van der Waals surface area contributed by atoms with Crippen LogP contribution in [0.25, 0.3) is 0 Å². The summed E-state index contributed by atoms with van der Waals surface area (Å²) in [4.78, 5) is 12.9. The van der Waals surface area contributed by atoms with Gasteiger partial charge < -0.3 is 9.08 Å². The topological polar surface area (TPSA) is 63.7 Å². The molecule has 1 saturated heterocycles. The molecule has 5 nitrogen and oxygen atoms in total. The van der Waals surface area contributed by atoms with Crippen molar-refractivity contribution in [2.24, 2.45) is 0 Å². The van der Waals surface area contributed by atoms with E-state index < -0.39 is 16.2 Å². The molecular formula is C9H17NO4S. The van der Waals surface area contributed by atoms with Gasteiger partial charge in [-0.15, -0.1) is 0 Å². The van der Waals surface area contributed by atoms with E-state index in [1.54, 1.807) is 6.92 Å². The molecule has 1 rings (SSSR count). The number of amides is 1. The maximum Gasteiger partial charge on any atom is 0.425 e. The van der Waals surface area contributed by atoms with Crippen LogP contribution in [0.3, 0.4) is 0 Å². The van der Waals surface area contributed by atoms with Crippen LogP contribution in [0, 0.1) is 0 Å². The van der Waals surface area contributed by atoms with Crippen LogP contribution in [-0.4, -0.2) is 38.3 Å². The highest BCUT2D eigenvalue weighted by Gasteiger charge is 2.23. The average Bonchev–Trinajstić information content (AvgIpc) is 2.18. The fraction of sp³-hybridized carbons (Fsp3) is 0.889. The Labute approximate surface area is 90.5 Å². The van der Waals surface area contributed by atoms with Gasteiger partial charge in [0.15, 0.2) is 0 Å². The summed E-state index contributed by atoms with van der Waals surface area (Å²) < 4.78 is 26.9. The number of carbonyl (C=O) groups is 1. The molecule has 0 spiro atoms. The van der Waals surface area contributed by atoms with Crippen LogP contribution in [0.1, 0.15) is 32.6 Å². The van der Waals surface area contributed by atoms with Crippen LogP contribution in [0.4, 0.5) is 4.79 Å².